The minimum atomic E-state index is -0.741. The molecule has 0 aromatic heterocycles. The number of ether oxygens (including phenoxy) is 1. The Morgan fingerprint density at radius 1 is 0.950 bits per heavy atom. The second-order valence-corrected chi connectivity index (χ2v) is 4.03. The average Bonchev–Trinajstić information content (AvgIpc) is 2.53. The Morgan fingerprint density at radius 2 is 1.40 bits per heavy atom. The minimum Gasteiger partial charge on any atom is -0.458 e. The summed E-state index contributed by atoms with van der Waals surface area (Å²) in [5.74, 6) is -0.741. The van der Waals surface area contributed by atoms with Gasteiger partial charge in [0, 0.05) is 5.57 Å². The van der Waals surface area contributed by atoms with Gasteiger partial charge in [-0.3, -0.25) is 0 Å². The van der Waals surface area contributed by atoms with Crippen molar-refractivity contribution in [1.29, 1.82) is 5.26 Å². The molecule has 0 bridgehead atoms. The van der Waals surface area contributed by atoms with Crippen LogP contribution in [0, 0.1) is 18.4 Å². The van der Waals surface area contributed by atoms with Gasteiger partial charge in [0.15, 0.2) is 0 Å². The predicted molar refractivity (Wildman–Crippen MR) is 76.0 cm³/mol. The summed E-state index contributed by atoms with van der Waals surface area (Å²) in [5, 5.41) is 9.28. The molecule has 0 saturated heterocycles. The van der Waals surface area contributed by atoms with Crippen molar-refractivity contribution in [3.8, 4) is 6.07 Å². The van der Waals surface area contributed by atoms with Gasteiger partial charge in [0.25, 0.3) is 0 Å². The smallest absolute Gasteiger partial charge is 0.349 e. The molecular formula is C17H12NO2. The second kappa shape index (κ2) is 6.35. The number of hydrogen-bond acceptors (Lipinski definition) is 3. The van der Waals surface area contributed by atoms with E-state index in [1.54, 1.807) is 0 Å². The molecule has 2 aromatic carbocycles. The van der Waals surface area contributed by atoms with Crippen LogP contribution in [0.25, 0.3) is 5.57 Å². The van der Waals surface area contributed by atoms with Crippen molar-refractivity contribution in [2.45, 2.75) is 0 Å². The Kier molecular flexibility index (Phi) is 4.31. The van der Waals surface area contributed by atoms with Crippen LogP contribution in [-0.2, 0) is 9.53 Å². The monoisotopic (exact) mass is 262 g/mol. The molecule has 2 aromatic rings. The minimum absolute atomic E-state index is 0.0580. The van der Waals surface area contributed by atoms with Crippen molar-refractivity contribution < 1.29 is 9.53 Å². The van der Waals surface area contributed by atoms with Gasteiger partial charge in [-0.1, -0.05) is 60.7 Å². The van der Waals surface area contributed by atoms with E-state index in [-0.39, 0.29) is 5.57 Å². The maximum atomic E-state index is 11.8. The third-order valence-electron chi connectivity index (χ3n) is 2.82. The van der Waals surface area contributed by atoms with Crippen molar-refractivity contribution >= 4 is 11.5 Å². The van der Waals surface area contributed by atoms with E-state index in [0.717, 1.165) is 11.1 Å². The Balaban J connectivity index is 2.71. The summed E-state index contributed by atoms with van der Waals surface area (Å²) in [4.78, 5) is 11.8. The molecule has 0 spiro atoms. The Bertz CT molecular complexity index is 626. The van der Waals surface area contributed by atoms with E-state index in [2.05, 4.69) is 11.8 Å². The van der Waals surface area contributed by atoms with Gasteiger partial charge in [-0.25, -0.2) is 4.79 Å². The van der Waals surface area contributed by atoms with Crippen LogP contribution in [0.4, 0.5) is 0 Å². The van der Waals surface area contributed by atoms with Crippen LogP contribution in [0.2, 0.25) is 0 Å². The van der Waals surface area contributed by atoms with E-state index < -0.39 is 5.97 Å². The molecule has 2 rings (SSSR count). The van der Waals surface area contributed by atoms with Gasteiger partial charge in [-0.05, 0) is 11.1 Å². The van der Waals surface area contributed by atoms with Crippen molar-refractivity contribution in [3.05, 3.63) is 84.5 Å². The molecule has 0 atom stereocenters. The van der Waals surface area contributed by atoms with Crippen molar-refractivity contribution in [2.24, 2.45) is 0 Å². The van der Waals surface area contributed by atoms with Crippen molar-refractivity contribution in [2.75, 3.05) is 0 Å². The molecule has 0 fully saturated rings. The zero-order valence-corrected chi connectivity index (χ0v) is 10.7. The fourth-order valence-corrected chi connectivity index (χ4v) is 1.94. The Morgan fingerprint density at radius 3 is 1.75 bits per heavy atom. The van der Waals surface area contributed by atoms with Crippen LogP contribution < -0.4 is 0 Å². The van der Waals surface area contributed by atoms with Crippen LogP contribution in [0.3, 0.4) is 0 Å². The number of rotatable bonds is 3. The molecule has 20 heavy (non-hydrogen) atoms. The first-order valence-corrected chi connectivity index (χ1v) is 5.99. The molecule has 0 N–H and O–H groups in total. The zero-order valence-electron chi connectivity index (χ0n) is 10.7. The Labute approximate surface area is 117 Å². The quantitative estimate of drug-likeness (QED) is 0.484. The first kappa shape index (κ1) is 13.6. The molecule has 0 aliphatic rings. The van der Waals surface area contributed by atoms with Crippen LogP contribution >= 0.6 is 0 Å². The third-order valence-corrected chi connectivity index (χ3v) is 2.82. The van der Waals surface area contributed by atoms with E-state index >= 15 is 0 Å². The molecule has 3 nitrogen and oxygen atoms in total. The van der Waals surface area contributed by atoms with Gasteiger partial charge < -0.3 is 4.74 Å². The molecular weight excluding hydrogens is 250 g/mol. The highest BCUT2D eigenvalue weighted by molar-refractivity contribution is 6.05. The number of nitriles is 1. The van der Waals surface area contributed by atoms with Gasteiger partial charge in [0.05, 0.1) is 0 Å². The number of nitrogens with zero attached hydrogens (tertiary/aromatic N) is 1. The fraction of sp³-hybridized carbons (Fsp3) is 0. The summed E-state index contributed by atoms with van der Waals surface area (Å²) in [6.45, 7) is 0. The van der Waals surface area contributed by atoms with Crippen LogP contribution in [-0.4, -0.2) is 5.97 Å². The fourth-order valence-electron chi connectivity index (χ4n) is 1.94. The van der Waals surface area contributed by atoms with Gasteiger partial charge >= 0.3 is 5.97 Å². The van der Waals surface area contributed by atoms with Crippen LogP contribution in [0.15, 0.2) is 66.2 Å². The average molecular weight is 262 g/mol. The largest absolute Gasteiger partial charge is 0.458 e. The lowest BCUT2D eigenvalue weighted by Gasteiger charge is -2.10. The summed E-state index contributed by atoms with van der Waals surface area (Å²) in [6.07, 6.45) is 0. The van der Waals surface area contributed by atoms with E-state index in [1.165, 1.54) is 0 Å². The van der Waals surface area contributed by atoms with Gasteiger partial charge in [0.2, 0.25) is 0 Å². The normalized spacial score (nSPS) is 9.40. The first-order valence-electron chi connectivity index (χ1n) is 5.99. The van der Waals surface area contributed by atoms with Crippen molar-refractivity contribution in [3.63, 3.8) is 0 Å². The SMILES string of the molecule is [CH2]OC(=O)C(C#N)=C(c1ccccc1)c1ccccc1. The molecule has 0 saturated carbocycles. The molecule has 0 amide bonds. The maximum absolute atomic E-state index is 11.8. The van der Waals surface area contributed by atoms with Gasteiger partial charge in [0.1, 0.15) is 18.8 Å². The lowest BCUT2D eigenvalue weighted by atomic mass is 9.93. The van der Waals surface area contributed by atoms with E-state index in [1.807, 2.05) is 66.7 Å². The molecule has 97 valence electrons. The summed E-state index contributed by atoms with van der Waals surface area (Å²) < 4.78 is 4.46. The molecule has 3 heteroatoms. The standard InChI is InChI=1S/C17H12NO2/c1-20-17(19)15(12-18)16(13-8-4-2-5-9-13)14-10-6-3-7-11-14/h2-11H,1H2. The summed E-state index contributed by atoms with van der Waals surface area (Å²) >= 11 is 0. The van der Waals surface area contributed by atoms with Crippen molar-refractivity contribution in [1.82, 2.24) is 0 Å². The lowest BCUT2D eigenvalue weighted by molar-refractivity contribution is -0.133. The summed E-state index contributed by atoms with van der Waals surface area (Å²) in [6, 6.07) is 20.4. The highest BCUT2D eigenvalue weighted by Gasteiger charge is 2.18. The molecule has 0 aliphatic carbocycles. The van der Waals surface area contributed by atoms with E-state index in [0.29, 0.717) is 5.57 Å². The van der Waals surface area contributed by atoms with Crippen LogP contribution in [0.1, 0.15) is 11.1 Å². The topological polar surface area (TPSA) is 50.1 Å². The molecule has 1 radical (unpaired) electrons. The summed E-state index contributed by atoms with van der Waals surface area (Å²) in [7, 11) is 3.09. The number of carbonyl (C=O) groups excluding carboxylic acids is 1. The summed E-state index contributed by atoms with van der Waals surface area (Å²) in [5.41, 5.74) is 2.04. The third kappa shape index (κ3) is 2.76. The predicted octanol–water partition coefficient (Wildman–Crippen LogP) is 3.35. The number of esters is 1. The van der Waals surface area contributed by atoms with E-state index in [4.69, 9.17) is 0 Å². The highest BCUT2D eigenvalue weighted by atomic mass is 16.5. The molecule has 0 unspecified atom stereocenters. The molecule has 0 heterocycles. The number of benzene rings is 2. The van der Waals surface area contributed by atoms with Gasteiger partial charge in [-0.2, -0.15) is 5.26 Å². The Hall–Kier alpha value is -2.86. The zero-order chi connectivity index (χ0) is 14.4. The molecule has 0 aliphatic heterocycles. The van der Waals surface area contributed by atoms with Gasteiger partial charge in [-0.15, -0.1) is 0 Å². The highest BCUT2D eigenvalue weighted by Crippen LogP contribution is 2.27. The first-order chi connectivity index (χ1) is 9.77. The number of carbonyl (C=O) groups is 1. The van der Waals surface area contributed by atoms with E-state index in [9.17, 15) is 10.1 Å². The maximum Gasteiger partial charge on any atom is 0.349 e. The lowest BCUT2D eigenvalue weighted by Crippen LogP contribution is -2.06. The van der Waals surface area contributed by atoms with Crippen LogP contribution in [0.5, 0.6) is 0 Å². The number of hydrogen-bond donors (Lipinski definition) is 0. The second-order valence-electron chi connectivity index (χ2n) is 4.03.